The van der Waals surface area contributed by atoms with E-state index in [1.807, 2.05) is 6.26 Å². The molecule has 5 heteroatoms. The second kappa shape index (κ2) is 5.77. The van der Waals surface area contributed by atoms with E-state index in [0.29, 0.717) is 17.1 Å². The van der Waals surface area contributed by atoms with E-state index in [4.69, 9.17) is 15.2 Å². The van der Waals surface area contributed by atoms with Crippen LogP contribution in [0.3, 0.4) is 0 Å². The molecule has 0 unspecified atom stereocenters. The number of ketones is 1. The first kappa shape index (κ1) is 12.9. The van der Waals surface area contributed by atoms with Gasteiger partial charge in [0.2, 0.25) is 0 Å². The molecule has 4 nitrogen and oxygen atoms in total. The predicted octanol–water partition coefficient (Wildman–Crippen LogP) is 1.57. The first-order valence-corrected chi connectivity index (χ1v) is 5.93. The van der Waals surface area contributed by atoms with Crippen molar-refractivity contribution in [2.24, 2.45) is 5.73 Å². The minimum Gasteiger partial charge on any atom is -0.493 e. The van der Waals surface area contributed by atoms with Crippen LogP contribution in [-0.2, 0) is 0 Å². The van der Waals surface area contributed by atoms with Gasteiger partial charge in [-0.15, -0.1) is 11.8 Å². The largest absolute Gasteiger partial charge is 0.493 e. The lowest BCUT2D eigenvalue weighted by atomic mass is 10.1. The van der Waals surface area contributed by atoms with Crippen molar-refractivity contribution in [2.75, 3.05) is 27.0 Å². The Balaban J connectivity index is 3.31. The normalized spacial score (nSPS) is 10.0. The van der Waals surface area contributed by atoms with Gasteiger partial charge in [0.05, 0.1) is 20.8 Å². The fourth-order valence-electron chi connectivity index (χ4n) is 1.36. The lowest BCUT2D eigenvalue weighted by Gasteiger charge is -2.12. The molecule has 0 aliphatic heterocycles. The van der Waals surface area contributed by atoms with Crippen LogP contribution in [0.2, 0.25) is 0 Å². The number of hydrogen-bond donors (Lipinski definition) is 1. The summed E-state index contributed by atoms with van der Waals surface area (Å²) in [5, 5.41) is 0. The Hall–Kier alpha value is -1.20. The first-order valence-electron chi connectivity index (χ1n) is 4.71. The number of thioether (sulfide) groups is 1. The Morgan fingerprint density at radius 1 is 1.31 bits per heavy atom. The lowest BCUT2D eigenvalue weighted by molar-refractivity contribution is 0.0998. The molecule has 0 spiro atoms. The molecule has 0 aliphatic carbocycles. The quantitative estimate of drug-likeness (QED) is 0.626. The van der Waals surface area contributed by atoms with Gasteiger partial charge in [0.15, 0.2) is 17.3 Å². The molecule has 1 aromatic carbocycles. The fourth-order valence-corrected chi connectivity index (χ4v) is 1.97. The third-order valence-corrected chi connectivity index (χ3v) is 2.97. The zero-order chi connectivity index (χ0) is 12.1. The van der Waals surface area contributed by atoms with E-state index >= 15 is 0 Å². The molecule has 88 valence electrons. The standard InChI is InChI=1S/C11H15NO3S/c1-14-9-4-7(8(13)6-12)11(16-3)5-10(9)15-2/h4-5H,6,12H2,1-3H3. The molecule has 0 fully saturated rings. The zero-order valence-corrected chi connectivity index (χ0v) is 10.4. The second-order valence-corrected chi connectivity index (χ2v) is 3.88. The Morgan fingerprint density at radius 3 is 2.31 bits per heavy atom. The fraction of sp³-hybridized carbons (Fsp3) is 0.364. The third kappa shape index (κ3) is 2.48. The summed E-state index contributed by atoms with van der Waals surface area (Å²) in [7, 11) is 3.10. The van der Waals surface area contributed by atoms with Crippen molar-refractivity contribution in [1.29, 1.82) is 0 Å². The van der Waals surface area contributed by atoms with Crippen LogP contribution in [0.4, 0.5) is 0 Å². The molecule has 0 bridgehead atoms. The van der Waals surface area contributed by atoms with E-state index < -0.39 is 0 Å². The van der Waals surface area contributed by atoms with Gasteiger partial charge >= 0.3 is 0 Å². The molecule has 1 aromatic rings. The summed E-state index contributed by atoms with van der Waals surface area (Å²) in [6, 6.07) is 3.45. The minimum atomic E-state index is -0.106. The molecule has 0 aromatic heterocycles. The van der Waals surface area contributed by atoms with Crippen molar-refractivity contribution in [3.05, 3.63) is 17.7 Å². The van der Waals surface area contributed by atoms with Gasteiger partial charge in [-0.2, -0.15) is 0 Å². The maximum absolute atomic E-state index is 11.6. The maximum Gasteiger partial charge on any atom is 0.177 e. The Kier molecular flexibility index (Phi) is 4.64. The van der Waals surface area contributed by atoms with Crippen LogP contribution in [0.15, 0.2) is 17.0 Å². The summed E-state index contributed by atoms with van der Waals surface area (Å²) in [5.41, 5.74) is 5.94. The average molecular weight is 241 g/mol. The second-order valence-electron chi connectivity index (χ2n) is 3.03. The Morgan fingerprint density at radius 2 is 1.88 bits per heavy atom. The predicted molar refractivity (Wildman–Crippen MR) is 64.7 cm³/mol. The number of hydrogen-bond acceptors (Lipinski definition) is 5. The summed E-state index contributed by atoms with van der Waals surface area (Å²) in [6.07, 6.45) is 1.90. The van der Waals surface area contributed by atoms with Crippen LogP contribution in [0, 0.1) is 0 Å². The van der Waals surface area contributed by atoms with Gasteiger partial charge in [-0.25, -0.2) is 0 Å². The maximum atomic E-state index is 11.6. The topological polar surface area (TPSA) is 61.5 Å². The van der Waals surface area contributed by atoms with Crippen LogP contribution in [0.5, 0.6) is 11.5 Å². The van der Waals surface area contributed by atoms with Crippen LogP contribution >= 0.6 is 11.8 Å². The third-order valence-electron chi connectivity index (χ3n) is 2.19. The molecule has 0 saturated carbocycles. The van der Waals surface area contributed by atoms with E-state index in [2.05, 4.69) is 0 Å². The van der Waals surface area contributed by atoms with Crippen molar-refractivity contribution < 1.29 is 14.3 Å². The van der Waals surface area contributed by atoms with Crippen molar-refractivity contribution in [2.45, 2.75) is 4.90 Å². The molecule has 0 amide bonds. The summed E-state index contributed by atoms with van der Waals surface area (Å²) < 4.78 is 10.3. The van der Waals surface area contributed by atoms with E-state index in [0.717, 1.165) is 4.90 Å². The van der Waals surface area contributed by atoms with E-state index in [1.165, 1.54) is 18.9 Å². The summed E-state index contributed by atoms with van der Waals surface area (Å²) >= 11 is 1.48. The molecule has 0 atom stereocenters. The number of nitrogens with two attached hydrogens (primary N) is 1. The zero-order valence-electron chi connectivity index (χ0n) is 9.57. The van der Waals surface area contributed by atoms with Crippen LogP contribution in [-0.4, -0.2) is 32.8 Å². The number of ether oxygens (including phenoxy) is 2. The van der Waals surface area contributed by atoms with Gasteiger partial charge in [-0.3, -0.25) is 4.79 Å². The van der Waals surface area contributed by atoms with Crippen LogP contribution < -0.4 is 15.2 Å². The number of carbonyl (C=O) groups is 1. The van der Waals surface area contributed by atoms with Gasteiger partial charge in [0.1, 0.15) is 0 Å². The number of benzene rings is 1. The SMILES string of the molecule is COc1cc(SC)c(C(=O)CN)cc1OC. The summed E-state index contributed by atoms with van der Waals surface area (Å²) in [5.74, 6) is 1.04. The highest BCUT2D eigenvalue weighted by atomic mass is 32.2. The molecule has 0 saturated heterocycles. The highest BCUT2D eigenvalue weighted by Gasteiger charge is 2.15. The molecular weight excluding hydrogens is 226 g/mol. The molecule has 16 heavy (non-hydrogen) atoms. The molecule has 0 heterocycles. The van der Waals surface area contributed by atoms with Crippen LogP contribution in [0.25, 0.3) is 0 Å². The molecule has 2 N–H and O–H groups in total. The van der Waals surface area contributed by atoms with Gasteiger partial charge in [-0.1, -0.05) is 0 Å². The van der Waals surface area contributed by atoms with Gasteiger partial charge in [-0.05, 0) is 18.4 Å². The molecule has 0 aliphatic rings. The lowest BCUT2D eigenvalue weighted by Crippen LogP contribution is -2.14. The highest BCUT2D eigenvalue weighted by Crippen LogP contribution is 2.34. The molecule has 0 radical (unpaired) electrons. The first-order chi connectivity index (χ1) is 7.67. The average Bonchev–Trinajstić information content (AvgIpc) is 2.35. The molecular formula is C11H15NO3S. The number of rotatable bonds is 5. The number of carbonyl (C=O) groups excluding carboxylic acids is 1. The highest BCUT2D eigenvalue weighted by molar-refractivity contribution is 7.98. The van der Waals surface area contributed by atoms with E-state index in [-0.39, 0.29) is 12.3 Å². The van der Waals surface area contributed by atoms with E-state index in [9.17, 15) is 4.79 Å². The smallest absolute Gasteiger partial charge is 0.177 e. The summed E-state index contributed by atoms with van der Waals surface area (Å²) in [4.78, 5) is 12.5. The molecule has 1 rings (SSSR count). The van der Waals surface area contributed by atoms with Crippen molar-refractivity contribution >= 4 is 17.5 Å². The number of Topliss-reactive ketones (excluding diaryl/α,β-unsaturated/α-hetero) is 1. The number of methoxy groups -OCH3 is 2. The van der Waals surface area contributed by atoms with Gasteiger partial charge < -0.3 is 15.2 Å². The minimum absolute atomic E-state index is 0.0109. The Labute approximate surface area is 99.1 Å². The van der Waals surface area contributed by atoms with Crippen molar-refractivity contribution in [3.8, 4) is 11.5 Å². The monoisotopic (exact) mass is 241 g/mol. The summed E-state index contributed by atoms with van der Waals surface area (Å²) in [6.45, 7) is -0.0109. The van der Waals surface area contributed by atoms with Crippen molar-refractivity contribution in [1.82, 2.24) is 0 Å². The van der Waals surface area contributed by atoms with E-state index in [1.54, 1.807) is 19.2 Å². The van der Waals surface area contributed by atoms with Crippen molar-refractivity contribution in [3.63, 3.8) is 0 Å². The van der Waals surface area contributed by atoms with Gasteiger partial charge in [0.25, 0.3) is 0 Å². The Bertz CT molecular complexity index is 393. The van der Waals surface area contributed by atoms with Gasteiger partial charge in [0, 0.05) is 10.5 Å². The van der Waals surface area contributed by atoms with Crippen LogP contribution in [0.1, 0.15) is 10.4 Å².